The molecule has 0 aliphatic heterocycles. The standard InChI is InChI=1S/C11H14ClN5/c1-2-3-13-5-9-4-11(15-6-10(9)12)17-8-14-7-16-17/h4,6-8,13H,2-3,5H2,1H3. The van der Waals surface area contributed by atoms with Crippen LogP contribution in [0.15, 0.2) is 24.9 Å². The number of hydrogen-bond acceptors (Lipinski definition) is 4. The van der Waals surface area contributed by atoms with E-state index in [2.05, 4.69) is 27.3 Å². The molecule has 0 spiro atoms. The highest BCUT2D eigenvalue weighted by molar-refractivity contribution is 6.31. The highest BCUT2D eigenvalue weighted by Gasteiger charge is 2.05. The van der Waals surface area contributed by atoms with Gasteiger partial charge < -0.3 is 5.32 Å². The maximum absolute atomic E-state index is 6.09. The first-order chi connectivity index (χ1) is 8.31. The van der Waals surface area contributed by atoms with Crippen molar-refractivity contribution in [2.75, 3.05) is 6.54 Å². The Hall–Kier alpha value is -1.46. The molecule has 0 atom stereocenters. The van der Waals surface area contributed by atoms with Crippen LogP contribution in [0.2, 0.25) is 5.02 Å². The summed E-state index contributed by atoms with van der Waals surface area (Å²) in [5.41, 5.74) is 1.01. The number of rotatable bonds is 5. The smallest absolute Gasteiger partial charge is 0.155 e. The number of halogens is 1. The predicted molar refractivity (Wildman–Crippen MR) is 66.2 cm³/mol. The van der Waals surface area contributed by atoms with Crippen molar-refractivity contribution in [3.8, 4) is 5.82 Å². The number of nitrogens with zero attached hydrogens (tertiary/aromatic N) is 4. The minimum atomic E-state index is 0.664. The molecule has 0 bridgehead atoms. The Labute approximate surface area is 105 Å². The van der Waals surface area contributed by atoms with Crippen molar-refractivity contribution in [1.29, 1.82) is 0 Å². The molecule has 2 aromatic heterocycles. The lowest BCUT2D eigenvalue weighted by Crippen LogP contribution is -2.14. The first-order valence-corrected chi connectivity index (χ1v) is 5.89. The normalized spacial score (nSPS) is 10.7. The molecule has 0 unspecified atom stereocenters. The molecule has 5 nitrogen and oxygen atoms in total. The first-order valence-electron chi connectivity index (χ1n) is 5.51. The summed E-state index contributed by atoms with van der Waals surface area (Å²) in [6.07, 6.45) is 5.82. The minimum absolute atomic E-state index is 0.664. The quantitative estimate of drug-likeness (QED) is 0.824. The van der Waals surface area contributed by atoms with Gasteiger partial charge in [0.05, 0.1) is 5.02 Å². The lowest BCUT2D eigenvalue weighted by Gasteiger charge is -2.07. The van der Waals surface area contributed by atoms with Crippen LogP contribution in [0.25, 0.3) is 5.82 Å². The molecule has 2 rings (SSSR count). The van der Waals surface area contributed by atoms with E-state index < -0.39 is 0 Å². The maximum atomic E-state index is 6.09. The third-order valence-electron chi connectivity index (χ3n) is 2.32. The molecular formula is C11H14ClN5. The van der Waals surface area contributed by atoms with Gasteiger partial charge in [0.15, 0.2) is 5.82 Å². The van der Waals surface area contributed by atoms with Gasteiger partial charge in [-0.1, -0.05) is 18.5 Å². The second-order valence-corrected chi connectivity index (χ2v) is 4.06. The Morgan fingerprint density at radius 3 is 3.06 bits per heavy atom. The van der Waals surface area contributed by atoms with E-state index in [1.165, 1.54) is 6.33 Å². The van der Waals surface area contributed by atoms with Crippen molar-refractivity contribution < 1.29 is 0 Å². The fourth-order valence-corrected chi connectivity index (χ4v) is 1.63. The third-order valence-corrected chi connectivity index (χ3v) is 2.66. The second-order valence-electron chi connectivity index (χ2n) is 3.65. The Kier molecular flexibility index (Phi) is 4.06. The summed E-state index contributed by atoms with van der Waals surface area (Å²) in [5, 5.41) is 8.00. The zero-order valence-corrected chi connectivity index (χ0v) is 10.4. The summed E-state index contributed by atoms with van der Waals surface area (Å²) in [5.74, 6) is 0.722. The summed E-state index contributed by atoms with van der Waals surface area (Å²) in [6, 6.07) is 1.92. The summed E-state index contributed by atoms with van der Waals surface area (Å²) < 4.78 is 1.61. The van der Waals surface area contributed by atoms with E-state index in [9.17, 15) is 0 Å². The molecule has 2 aromatic rings. The average Bonchev–Trinajstić information content (AvgIpc) is 2.85. The zero-order chi connectivity index (χ0) is 12.1. The highest BCUT2D eigenvalue weighted by Crippen LogP contribution is 2.16. The van der Waals surface area contributed by atoms with Gasteiger partial charge in [0.2, 0.25) is 0 Å². The van der Waals surface area contributed by atoms with Crippen LogP contribution in [0.1, 0.15) is 18.9 Å². The van der Waals surface area contributed by atoms with E-state index in [0.717, 1.165) is 30.9 Å². The molecule has 0 aromatic carbocycles. The Morgan fingerprint density at radius 1 is 1.47 bits per heavy atom. The van der Waals surface area contributed by atoms with Gasteiger partial charge in [0, 0.05) is 12.7 Å². The van der Waals surface area contributed by atoms with Crippen LogP contribution in [0.5, 0.6) is 0 Å². The first kappa shape index (κ1) is 12.0. The lowest BCUT2D eigenvalue weighted by atomic mass is 10.2. The van der Waals surface area contributed by atoms with Crippen molar-refractivity contribution in [2.24, 2.45) is 0 Å². The van der Waals surface area contributed by atoms with Crippen LogP contribution >= 0.6 is 11.6 Å². The predicted octanol–water partition coefficient (Wildman–Crippen LogP) is 1.82. The molecule has 0 radical (unpaired) electrons. The molecule has 2 heterocycles. The topological polar surface area (TPSA) is 55.6 Å². The fraction of sp³-hybridized carbons (Fsp3) is 0.364. The molecule has 0 saturated carbocycles. The van der Waals surface area contributed by atoms with Gasteiger partial charge >= 0.3 is 0 Å². The second kappa shape index (κ2) is 5.75. The molecule has 17 heavy (non-hydrogen) atoms. The van der Waals surface area contributed by atoms with Crippen LogP contribution in [-0.2, 0) is 6.54 Å². The van der Waals surface area contributed by atoms with E-state index in [1.54, 1.807) is 17.2 Å². The minimum Gasteiger partial charge on any atom is -0.313 e. The van der Waals surface area contributed by atoms with Gasteiger partial charge in [-0.2, -0.15) is 5.10 Å². The lowest BCUT2D eigenvalue weighted by molar-refractivity contribution is 0.674. The van der Waals surface area contributed by atoms with Crippen LogP contribution in [-0.4, -0.2) is 26.3 Å². The largest absolute Gasteiger partial charge is 0.313 e. The summed E-state index contributed by atoms with van der Waals surface area (Å²) >= 11 is 6.09. The van der Waals surface area contributed by atoms with Crippen molar-refractivity contribution in [1.82, 2.24) is 25.1 Å². The van der Waals surface area contributed by atoms with E-state index in [-0.39, 0.29) is 0 Å². The van der Waals surface area contributed by atoms with Crippen molar-refractivity contribution in [3.63, 3.8) is 0 Å². The molecule has 90 valence electrons. The Balaban J connectivity index is 2.18. The van der Waals surface area contributed by atoms with Gasteiger partial charge in [0.1, 0.15) is 12.7 Å². The van der Waals surface area contributed by atoms with Gasteiger partial charge in [-0.3, -0.25) is 0 Å². The third kappa shape index (κ3) is 3.01. The monoisotopic (exact) mass is 251 g/mol. The van der Waals surface area contributed by atoms with E-state index >= 15 is 0 Å². The van der Waals surface area contributed by atoms with Crippen molar-refractivity contribution in [2.45, 2.75) is 19.9 Å². The highest BCUT2D eigenvalue weighted by atomic mass is 35.5. The SMILES string of the molecule is CCCNCc1cc(-n2cncn2)ncc1Cl. The molecule has 0 saturated heterocycles. The van der Waals surface area contributed by atoms with Crippen molar-refractivity contribution >= 4 is 11.6 Å². The van der Waals surface area contributed by atoms with Gasteiger partial charge in [0.25, 0.3) is 0 Å². The molecule has 6 heteroatoms. The molecule has 1 N–H and O–H groups in total. The van der Waals surface area contributed by atoms with E-state index in [4.69, 9.17) is 11.6 Å². The zero-order valence-electron chi connectivity index (χ0n) is 9.60. The van der Waals surface area contributed by atoms with Crippen molar-refractivity contribution in [3.05, 3.63) is 35.5 Å². The van der Waals surface area contributed by atoms with E-state index in [0.29, 0.717) is 5.02 Å². The molecule has 0 aliphatic rings. The van der Waals surface area contributed by atoms with E-state index in [1.807, 2.05) is 6.07 Å². The summed E-state index contributed by atoms with van der Waals surface area (Å²) in [4.78, 5) is 8.10. The molecule has 0 amide bonds. The number of nitrogens with one attached hydrogen (secondary N) is 1. The fourth-order valence-electron chi connectivity index (χ4n) is 1.45. The summed E-state index contributed by atoms with van der Waals surface area (Å²) in [7, 11) is 0. The number of aromatic nitrogens is 4. The average molecular weight is 252 g/mol. The molecule has 0 aliphatic carbocycles. The van der Waals surface area contributed by atoms with Crippen LogP contribution < -0.4 is 5.32 Å². The maximum Gasteiger partial charge on any atom is 0.155 e. The van der Waals surface area contributed by atoms with Crippen LogP contribution in [0.4, 0.5) is 0 Å². The van der Waals surface area contributed by atoms with Gasteiger partial charge in [-0.15, -0.1) is 0 Å². The molecular weight excluding hydrogens is 238 g/mol. The van der Waals surface area contributed by atoms with Crippen LogP contribution in [0, 0.1) is 0 Å². The van der Waals surface area contributed by atoms with Gasteiger partial charge in [-0.05, 0) is 24.6 Å². The Bertz CT molecular complexity index is 469. The molecule has 0 fully saturated rings. The summed E-state index contributed by atoms with van der Waals surface area (Å²) in [6.45, 7) is 3.83. The number of hydrogen-bond donors (Lipinski definition) is 1. The number of pyridine rings is 1. The van der Waals surface area contributed by atoms with Gasteiger partial charge in [-0.25, -0.2) is 14.6 Å². The van der Waals surface area contributed by atoms with Crippen LogP contribution in [0.3, 0.4) is 0 Å². The Morgan fingerprint density at radius 2 is 2.35 bits per heavy atom.